The Bertz CT molecular complexity index is 2700. The first kappa shape index (κ1) is 33.5. The summed E-state index contributed by atoms with van der Waals surface area (Å²) in [4.78, 5) is 2.63. The summed E-state index contributed by atoms with van der Waals surface area (Å²) in [7, 11) is 0. The first-order chi connectivity index (χ1) is 27.2. The molecule has 4 fully saturated rings. The highest BCUT2D eigenvalue weighted by atomic mass is 32.1. The van der Waals surface area contributed by atoms with E-state index in [0.29, 0.717) is 0 Å². The third-order valence-electron chi connectivity index (χ3n) is 15.7. The van der Waals surface area contributed by atoms with Crippen molar-refractivity contribution >= 4 is 48.6 Å². The Morgan fingerprint density at radius 1 is 0.518 bits per heavy atom. The average molecular weight is 746 g/mol. The van der Waals surface area contributed by atoms with E-state index in [4.69, 9.17) is 0 Å². The normalized spacial score (nSPS) is 26.1. The van der Waals surface area contributed by atoms with Crippen LogP contribution in [0.25, 0.3) is 42.4 Å². The van der Waals surface area contributed by atoms with Crippen molar-refractivity contribution in [1.82, 2.24) is 0 Å². The lowest BCUT2D eigenvalue weighted by atomic mass is 9.43. The zero-order valence-electron chi connectivity index (χ0n) is 33.2. The van der Waals surface area contributed by atoms with Gasteiger partial charge in [0.2, 0.25) is 0 Å². The molecule has 0 saturated heterocycles. The van der Waals surface area contributed by atoms with E-state index in [1.165, 1.54) is 116 Å². The summed E-state index contributed by atoms with van der Waals surface area (Å²) in [6, 6.07) is 49.8. The molecular formula is C54H51NS. The molecule has 0 unspecified atom stereocenters. The second-order valence-electron chi connectivity index (χ2n) is 19.6. The lowest BCUT2D eigenvalue weighted by Gasteiger charge is -2.61. The Morgan fingerprint density at radius 2 is 1.14 bits per heavy atom. The molecule has 1 spiro atoms. The molecule has 7 aromatic rings. The van der Waals surface area contributed by atoms with Crippen molar-refractivity contribution in [2.75, 3.05) is 4.90 Å². The van der Waals surface area contributed by atoms with Crippen LogP contribution in [-0.4, -0.2) is 0 Å². The molecule has 6 aliphatic rings. The Labute approximate surface area is 336 Å². The summed E-state index contributed by atoms with van der Waals surface area (Å²) in [5.74, 6) is 3.33. The first-order valence-electron chi connectivity index (χ1n) is 21.4. The molecule has 0 aliphatic heterocycles. The molecule has 0 radical (unpaired) electrons. The lowest BCUT2D eigenvalue weighted by molar-refractivity contribution is -0.0399. The molecule has 1 heterocycles. The van der Waals surface area contributed by atoms with Crippen LogP contribution in [0.1, 0.15) is 94.9 Å². The number of nitrogens with zero attached hydrogens (tertiary/aromatic N) is 1. The lowest BCUT2D eigenvalue weighted by Crippen LogP contribution is -2.55. The van der Waals surface area contributed by atoms with Crippen molar-refractivity contribution in [3.63, 3.8) is 0 Å². The van der Waals surface area contributed by atoms with Gasteiger partial charge in [0.05, 0.1) is 16.1 Å². The van der Waals surface area contributed by atoms with Crippen molar-refractivity contribution in [2.45, 2.75) is 88.9 Å². The number of hydrogen-bond donors (Lipinski definition) is 0. The minimum atomic E-state index is 0.128. The number of anilines is 3. The van der Waals surface area contributed by atoms with Gasteiger partial charge in [-0.05, 0) is 149 Å². The third-order valence-corrected chi connectivity index (χ3v) is 16.9. The van der Waals surface area contributed by atoms with E-state index in [1.54, 1.807) is 11.1 Å². The molecule has 6 aromatic carbocycles. The fraction of sp³-hybridized carbons (Fsp3) is 0.333. The second-order valence-corrected chi connectivity index (χ2v) is 20.6. The summed E-state index contributed by atoms with van der Waals surface area (Å²) in [6.45, 7) is 9.71. The van der Waals surface area contributed by atoms with Gasteiger partial charge in [-0.2, -0.15) is 0 Å². The second kappa shape index (κ2) is 11.7. The van der Waals surface area contributed by atoms with Gasteiger partial charge in [-0.1, -0.05) is 125 Å². The summed E-state index contributed by atoms with van der Waals surface area (Å²) in [6.07, 6.45) is 9.52. The van der Waals surface area contributed by atoms with Gasteiger partial charge >= 0.3 is 0 Å². The number of fused-ring (bicyclic) bond motifs is 7. The van der Waals surface area contributed by atoms with Gasteiger partial charge in [-0.3, -0.25) is 0 Å². The van der Waals surface area contributed by atoms with E-state index in [-0.39, 0.29) is 16.2 Å². The van der Waals surface area contributed by atoms with Crippen LogP contribution in [0.5, 0.6) is 0 Å². The zero-order chi connectivity index (χ0) is 37.6. The minimum absolute atomic E-state index is 0.128. The molecule has 1 aromatic heterocycles. The number of benzene rings is 6. The topological polar surface area (TPSA) is 3.24 Å². The van der Waals surface area contributed by atoms with Crippen LogP contribution >= 0.6 is 11.3 Å². The van der Waals surface area contributed by atoms with E-state index in [1.807, 2.05) is 11.3 Å². The van der Waals surface area contributed by atoms with Gasteiger partial charge in [-0.15, -0.1) is 11.3 Å². The van der Waals surface area contributed by atoms with Crippen LogP contribution < -0.4 is 4.90 Å². The predicted molar refractivity (Wildman–Crippen MR) is 238 cm³/mol. The molecule has 278 valence electrons. The standard InChI is InChI=1S/C54H51NS/c1-52(2)25-26-53(3,4)46-32-36(21-24-44(46)52)35-19-22-39(23-20-35)55(48-17-9-13-41-40-11-6-8-18-49(40)56-51(41)48)47-16-10-15-45-50(47)42-12-5-7-14-43(42)54(45)37-28-33-27-34(30-37)31-38(54)29-33/h5-24,32-34,37-38H,25-31H2,1-4H3. The van der Waals surface area contributed by atoms with Crippen molar-refractivity contribution < 1.29 is 0 Å². The maximum absolute atomic E-state index is 2.63. The maximum atomic E-state index is 2.63. The van der Waals surface area contributed by atoms with Gasteiger partial charge in [0.15, 0.2) is 0 Å². The molecule has 0 N–H and O–H groups in total. The zero-order valence-corrected chi connectivity index (χ0v) is 34.1. The quantitative estimate of drug-likeness (QED) is 0.173. The minimum Gasteiger partial charge on any atom is -0.308 e. The Balaban J connectivity index is 1.06. The number of thiophene rings is 1. The fourth-order valence-corrected chi connectivity index (χ4v) is 14.5. The highest BCUT2D eigenvalue weighted by Crippen LogP contribution is 2.70. The molecular weight excluding hydrogens is 695 g/mol. The predicted octanol–water partition coefficient (Wildman–Crippen LogP) is 15.3. The van der Waals surface area contributed by atoms with Gasteiger partial charge < -0.3 is 4.90 Å². The molecule has 0 amide bonds. The molecule has 13 rings (SSSR count). The summed E-state index contributed by atoms with van der Waals surface area (Å²) in [5.41, 5.74) is 16.1. The van der Waals surface area contributed by atoms with E-state index in [0.717, 1.165) is 23.7 Å². The van der Waals surface area contributed by atoms with Crippen LogP contribution in [0.4, 0.5) is 17.1 Å². The van der Waals surface area contributed by atoms with Gasteiger partial charge in [0, 0.05) is 32.1 Å². The van der Waals surface area contributed by atoms with Gasteiger partial charge in [-0.25, -0.2) is 0 Å². The van der Waals surface area contributed by atoms with Crippen LogP contribution in [0.15, 0.2) is 127 Å². The van der Waals surface area contributed by atoms with Crippen LogP contribution in [0.3, 0.4) is 0 Å². The molecule has 6 aliphatic carbocycles. The smallest absolute Gasteiger partial charge is 0.0640 e. The van der Waals surface area contributed by atoms with Crippen molar-refractivity contribution in [3.05, 3.63) is 150 Å². The summed E-state index contributed by atoms with van der Waals surface area (Å²) in [5, 5.41) is 2.69. The molecule has 4 bridgehead atoms. The van der Waals surface area contributed by atoms with E-state index >= 15 is 0 Å². The van der Waals surface area contributed by atoms with E-state index in [9.17, 15) is 0 Å². The summed E-state index contributed by atoms with van der Waals surface area (Å²) >= 11 is 1.94. The molecule has 0 atom stereocenters. The van der Waals surface area contributed by atoms with Crippen molar-refractivity contribution in [2.24, 2.45) is 23.7 Å². The van der Waals surface area contributed by atoms with Crippen LogP contribution in [0.2, 0.25) is 0 Å². The molecule has 1 nitrogen and oxygen atoms in total. The van der Waals surface area contributed by atoms with Crippen molar-refractivity contribution in [3.8, 4) is 22.3 Å². The van der Waals surface area contributed by atoms with Crippen molar-refractivity contribution in [1.29, 1.82) is 0 Å². The highest BCUT2D eigenvalue weighted by molar-refractivity contribution is 7.26. The van der Waals surface area contributed by atoms with Gasteiger partial charge in [0.1, 0.15) is 0 Å². The Morgan fingerprint density at radius 3 is 1.93 bits per heavy atom. The molecule has 2 heteroatoms. The Hall–Kier alpha value is -4.66. The number of hydrogen-bond acceptors (Lipinski definition) is 2. The third kappa shape index (κ3) is 4.54. The highest BCUT2D eigenvalue weighted by Gasteiger charge is 2.62. The average Bonchev–Trinajstić information content (AvgIpc) is 3.74. The molecule has 56 heavy (non-hydrogen) atoms. The summed E-state index contributed by atoms with van der Waals surface area (Å²) < 4.78 is 2.70. The SMILES string of the molecule is CC1(C)CCC(C)(C)c2cc(-c3ccc(N(c4cccc5c4-c4ccccc4C54C5CC6CC(C5)CC4C6)c4cccc5c4sc4ccccc45)cc3)ccc21. The van der Waals surface area contributed by atoms with E-state index in [2.05, 4.69) is 160 Å². The Kier molecular flexibility index (Phi) is 6.99. The van der Waals surface area contributed by atoms with E-state index < -0.39 is 0 Å². The number of rotatable bonds is 4. The maximum Gasteiger partial charge on any atom is 0.0640 e. The largest absolute Gasteiger partial charge is 0.308 e. The fourth-order valence-electron chi connectivity index (χ4n) is 13.3. The molecule has 4 saturated carbocycles. The first-order valence-corrected chi connectivity index (χ1v) is 22.2. The van der Waals surface area contributed by atoms with Gasteiger partial charge in [0.25, 0.3) is 0 Å². The monoisotopic (exact) mass is 745 g/mol. The van der Waals surface area contributed by atoms with Crippen LogP contribution in [-0.2, 0) is 16.2 Å². The van der Waals surface area contributed by atoms with Crippen LogP contribution in [0, 0.1) is 23.7 Å².